The van der Waals surface area contributed by atoms with Crippen molar-refractivity contribution in [2.45, 2.75) is 66.2 Å². The number of Topliss-reactive ketones (excluding diaryl/α,β-unsaturated/α-hetero) is 1. The zero-order chi connectivity index (χ0) is 20.4. The zero-order valence-corrected chi connectivity index (χ0v) is 17.0. The summed E-state index contributed by atoms with van der Waals surface area (Å²) in [7, 11) is 0. The van der Waals surface area contributed by atoms with E-state index in [4.69, 9.17) is 9.84 Å². The van der Waals surface area contributed by atoms with Gasteiger partial charge in [-0.3, -0.25) is 9.59 Å². The normalized spacial score (nSPS) is 34.1. The first-order valence-corrected chi connectivity index (χ1v) is 9.75. The molecule has 5 heteroatoms. The third-order valence-electron chi connectivity index (χ3n) is 6.91. The molecule has 0 bridgehead atoms. The molecule has 0 aromatic rings. The maximum Gasteiger partial charge on any atom is 0.328 e. The van der Waals surface area contributed by atoms with Crippen LogP contribution in [0.4, 0.5) is 0 Å². The summed E-state index contributed by atoms with van der Waals surface area (Å²) >= 11 is 0. The topological polar surface area (TPSA) is 80.7 Å². The summed E-state index contributed by atoms with van der Waals surface area (Å²) in [4.78, 5) is 35.1. The molecule has 2 rings (SSSR count). The summed E-state index contributed by atoms with van der Waals surface area (Å²) in [6.45, 7) is 11.8. The van der Waals surface area contributed by atoms with Crippen LogP contribution in [0.5, 0.6) is 0 Å². The molecule has 2 fully saturated rings. The fourth-order valence-electron chi connectivity index (χ4n) is 5.42. The molecule has 2 saturated carbocycles. The molecule has 0 amide bonds. The van der Waals surface area contributed by atoms with Gasteiger partial charge in [0, 0.05) is 19.4 Å². The summed E-state index contributed by atoms with van der Waals surface area (Å²) in [6, 6.07) is 0. The fraction of sp³-hybridized carbons (Fsp3) is 0.682. The first kappa shape index (κ1) is 21.4. The zero-order valence-electron chi connectivity index (χ0n) is 17.0. The van der Waals surface area contributed by atoms with E-state index in [0.717, 1.165) is 31.3 Å². The Morgan fingerprint density at radius 1 is 1.30 bits per heavy atom. The van der Waals surface area contributed by atoms with Gasteiger partial charge in [-0.2, -0.15) is 0 Å². The predicted molar refractivity (Wildman–Crippen MR) is 103 cm³/mol. The van der Waals surface area contributed by atoms with E-state index in [2.05, 4.69) is 13.5 Å². The van der Waals surface area contributed by atoms with Gasteiger partial charge in [-0.05, 0) is 63.2 Å². The number of carbonyl (C=O) groups is 3. The van der Waals surface area contributed by atoms with Crippen LogP contribution in [0.3, 0.4) is 0 Å². The molecule has 150 valence electrons. The van der Waals surface area contributed by atoms with Gasteiger partial charge in [-0.25, -0.2) is 4.79 Å². The van der Waals surface area contributed by atoms with Crippen molar-refractivity contribution in [2.75, 3.05) is 6.61 Å². The Morgan fingerprint density at radius 3 is 2.56 bits per heavy atom. The van der Waals surface area contributed by atoms with Crippen molar-refractivity contribution in [1.29, 1.82) is 0 Å². The third-order valence-corrected chi connectivity index (χ3v) is 6.91. The molecule has 0 aliphatic heterocycles. The quantitative estimate of drug-likeness (QED) is 0.424. The number of rotatable bonds is 6. The van der Waals surface area contributed by atoms with Gasteiger partial charge >= 0.3 is 11.9 Å². The van der Waals surface area contributed by atoms with E-state index < -0.39 is 11.4 Å². The van der Waals surface area contributed by atoms with Gasteiger partial charge in [-0.15, -0.1) is 0 Å². The van der Waals surface area contributed by atoms with E-state index in [1.54, 1.807) is 0 Å². The van der Waals surface area contributed by atoms with Crippen LogP contribution in [0.15, 0.2) is 23.8 Å². The molecule has 0 aromatic carbocycles. The second-order valence-corrected chi connectivity index (χ2v) is 8.80. The lowest BCUT2D eigenvalue weighted by atomic mass is 9.46. The summed E-state index contributed by atoms with van der Waals surface area (Å²) < 4.78 is 5.30. The lowest BCUT2D eigenvalue weighted by molar-refractivity contribution is -0.162. The highest BCUT2D eigenvalue weighted by Crippen LogP contribution is 2.61. The number of carboxylic acids is 1. The van der Waals surface area contributed by atoms with E-state index in [1.807, 2.05) is 13.8 Å². The monoisotopic (exact) mass is 376 g/mol. The summed E-state index contributed by atoms with van der Waals surface area (Å²) in [5.74, 6) is -0.735. The molecule has 0 unspecified atom stereocenters. The number of ketones is 1. The summed E-state index contributed by atoms with van der Waals surface area (Å²) in [5, 5.41) is 8.94. The van der Waals surface area contributed by atoms with Crippen molar-refractivity contribution in [1.82, 2.24) is 0 Å². The second-order valence-electron chi connectivity index (χ2n) is 8.80. The number of aliphatic carboxylic acids is 1. The number of carbonyl (C=O) groups excluding carboxylic acids is 2. The van der Waals surface area contributed by atoms with E-state index >= 15 is 0 Å². The van der Waals surface area contributed by atoms with Crippen LogP contribution in [0.1, 0.15) is 66.2 Å². The highest BCUT2D eigenvalue weighted by Gasteiger charge is 2.58. The number of allylic oxidation sites excluding steroid dienone is 2. The van der Waals surface area contributed by atoms with Gasteiger partial charge in [0.2, 0.25) is 0 Å². The highest BCUT2D eigenvalue weighted by molar-refractivity contribution is 5.86. The Kier molecular flexibility index (Phi) is 6.33. The van der Waals surface area contributed by atoms with Crippen LogP contribution in [0, 0.1) is 22.7 Å². The molecular weight excluding hydrogens is 344 g/mol. The van der Waals surface area contributed by atoms with Crippen molar-refractivity contribution in [3.8, 4) is 0 Å². The van der Waals surface area contributed by atoms with Crippen LogP contribution in [0.2, 0.25) is 0 Å². The first-order chi connectivity index (χ1) is 12.5. The van der Waals surface area contributed by atoms with Crippen LogP contribution < -0.4 is 0 Å². The maximum absolute atomic E-state index is 12.8. The van der Waals surface area contributed by atoms with Crippen LogP contribution in [-0.4, -0.2) is 29.4 Å². The molecule has 1 N–H and O–H groups in total. The Hall–Kier alpha value is -1.91. The number of carboxylic acid groups (broad SMARTS) is 1. The van der Waals surface area contributed by atoms with E-state index in [1.165, 1.54) is 18.6 Å². The highest BCUT2D eigenvalue weighted by atomic mass is 16.5. The molecule has 2 aliphatic rings. The standard InChI is InChI=1S/C22H32O5/c1-14(12-20(25)26)6-8-17-15(2)7-9-18-21(17,4)11-10-19(24)22(18,5)13-27-16(3)23/h12,17-18H,2,6-11,13H2,1,3-5H3,(H,25,26)/b14-12-/t17-,18-,21+,22-/m0/s1. The van der Waals surface area contributed by atoms with Gasteiger partial charge < -0.3 is 9.84 Å². The van der Waals surface area contributed by atoms with E-state index in [9.17, 15) is 14.4 Å². The van der Waals surface area contributed by atoms with Crippen molar-refractivity contribution in [3.63, 3.8) is 0 Å². The molecule has 2 aliphatic carbocycles. The number of hydrogen-bond acceptors (Lipinski definition) is 4. The molecule has 27 heavy (non-hydrogen) atoms. The maximum atomic E-state index is 12.8. The number of fused-ring (bicyclic) bond motifs is 1. The lowest BCUT2D eigenvalue weighted by Crippen LogP contribution is -2.56. The van der Waals surface area contributed by atoms with Gasteiger partial charge in [0.05, 0.1) is 5.41 Å². The lowest BCUT2D eigenvalue weighted by Gasteiger charge is -2.57. The Bertz CT molecular complexity index is 676. The predicted octanol–water partition coefficient (Wildman–Crippen LogP) is 4.32. The van der Waals surface area contributed by atoms with E-state index in [0.29, 0.717) is 12.8 Å². The number of esters is 1. The SMILES string of the molecule is C=C1CC[C@H]2[C@](C)(CCC(=O)[C@@]2(C)COC(C)=O)[C@H]1CC/C(C)=C\C(=O)O. The molecule has 4 atom stereocenters. The smallest absolute Gasteiger partial charge is 0.328 e. The van der Waals surface area contributed by atoms with Crippen molar-refractivity contribution in [2.24, 2.45) is 22.7 Å². The fourth-order valence-corrected chi connectivity index (χ4v) is 5.42. The minimum absolute atomic E-state index is 0.0956. The average Bonchev–Trinajstić information content (AvgIpc) is 2.55. The molecular formula is C22H32O5. The summed E-state index contributed by atoms with van der Waals surface area (Å²) in [6.07, 6.45) is 5.82. The molecule has 0 spiro atoms. The minimum Gasteiger partial charge on any atom is -0.478 e. The molecule has 0 saturated heterocycles. The molecule has 0 radical (unpaired) electrons. The molecule has 0 heterocycles. The molecule has 0 aromatic heterocycles. The van der Waals surface area contributed by atoms with Gasteiger partial charge in [0.15, 0.2) is 0 Å². The third kappa shape index (κ3) is 4.33. The van der Waals surface area contributed by atoms with Gasteiger partial charge in [0.1, 0.15) is 12.4 Å². The van der Waals surface area contributed by atoms with Crippen LogP contribution in [0.25, 0.3) is 0 Å². The van der Waals surface area contributed by atoms with Crippen molar-refractivity contribution in [3.05, 3.63) is 23.8 Å². The number of ether oxygens (including phenoxy) is 1. The summed E-state index contributed by atoms with van der Waals surface area (Å²) in [5.41, 5.74) is 1.28. The molecule has 5 nitrogen and oxygen atoms in total. The minimum atomic E-state index is -0.920. The van der Waals surface area contributed by atoms with Crippen LogP contribution in [-0.2, 0) is 19.1 Å². The largest absolute Gasteiger partial charge is 0.478 e. The Morgan fingerprint density at radius 2 is 1.96 bits per heavy atom. The average molecular weight is 376 g/mol. The van der Waals surface area contributed by atoms with Crippen molar-refractivity contribution >= 4 is 17.7 Å². The van der Waals surface area contributed by atoms with Gasteiger partial charge in [0.25, 0.3) is 0 Å². The van der Waals surface area contributed by atoms with Gasteiger partial charge in [-0.1, -0.05) is 24.6 Å². The van der Waals surface area contributed by atoms with Crippen LogP contribution >= 0.6 is 0 Å². The first-order valence-electron chi connectivity index (χ1n) is 9.75. The Labute approximate surface area is 161 Å². The number of hydrogen-bond donors (Lipinski definition) is 1. The Balaban J connectivity index is 2.27. The van der Waals surface area contributed by atoms with Crippen molar-refractivity contribution < 1.29 is 24.2 Å². The van der Waals surface area contributed by atoms with E-state index in [-0.39, 0.29) is 35.6 Å². The second kappa shape index (κ2) is 7.99.